The predicted octanol–water partition coefficient (Wildman–Crippen LogP) is 4.92. The molecule has 0 saturated heterocycles. The summed E-state index contributed by atoms with van der Waals surface area (Å²) in [6, 6.07) is 13.7. The van der Waals surface area contributed by atoms with Crippen molar-refractivity contribution >= 4 is 43.4 Å². The number of thiazole rings is 1. The predicted molar refractivity (Wildman–Crippen MR) is 98.9 cm³/mol. The van der Waals surface area contributed by atoms with Crippen LogP contribution >= 0.6 is 27.3 Å². The molecule has 5 heteroatoms. The van der Waals surface area contributed by atoms with Gasteiger partial charge in [-0.1, -0.05) is 52.4 Å². The average Bonchev–Trinajstić information content (AvgIpc) is 2.84. The van der Waals surface area contributed by atoms with Gasteiger partial charge in [0, 0.05) is 16.6 Å². The minimum Gasteiger partial charge on any atom is -0.316 e. The smallest absolute Gasteiger partial charge is 0.279 e. The molecule has 0 saturated carbocycles. The number of fused-ring (bicyclic) bond motifs is 1. The second kappa shape index (κ2) is 6.81. The Labute approximate surface area is 147 Å². The molecular formula is C18H17BrN2OS. The monoisotopic (exact) mass is 388 g/mol. The summed E-state index contributed by atoms with van der Waals surface area (Å²) in [4.78, 5) is 17.7. The molecule has 0 unspecified atom stereocenters. The maximum absolute atomic E-state index is 12.6. The molecule has 0 aliphatic rings. The van der Waals surface area contributed by atoms with E-state index in [-0.39, 0.29) is 5.91 Å². The Balaban J connectivity index is 2.16. The van der Waals surface area contributed by atoms with Crippen LogP contribution in [0.4, 0.5) is 0 Å². The number of nitrogens with zero attached hydrogens (tertiary/aromatic N) is 2. The number of halogens is 1. The van der Waals surface area contributed by atoms with E-state index in [4.69, 9.17) is 0 Å². The third-order valence-electron chi connectivity index (χ3n) is 3.66. The molecule has 23 heavy (non-hydrogen) atoms. The lowest BCUT2D eigenvalue weighted by molar-refractivity contribution is 0.0997. The number of hydrogen-bond acceptors (Lipinski definition) is 2. The molecule has 118 valence electrons. The molecule has 3 rings (SSSR count). The zero-order valence-electron chi connectivity index (χ0n) is 13.0. The molecule has 0 N–H and O–H groups in total. The number of aryl methyl sites for hydroxylation is 2. The van der Waals surface area contributed by atoms with E-state index in [2.05, 4.69) is 44.5 Å². The Morgan fingerprint density at radius 1 is 1.26 bits per heavy atom. The van der Waals surface area contributed by atoms with Crippen molar-refractivity contribution in [2.45, 2.75) is 26.8 Å². The van der Waals surface area contributed by atoms with Crippen molar-refractivity contribution in [2.24, 2.45) is 4.99 Å². The second-order valence-corrected chi connectivity index (χ2v) is 7.30. The van der Waals surface area contributed by atoms with Crippen LogP contribution in [0.1, 0.15) is 29.3 Å². The SMILES string of the molecule is CCCn1c(=NC(=O)c2ccccc2C)sc2cc(Br)ccc21. The molecule has 0 aliphatic carbocycles. The Morgan fingerprint density at radius 2 is 2.04 bits per heavy atom. The van der Waals surface area contributed by atoms with Gasteiger partial charge in [0.05, 0.1) is 10.2 Å². The summed E-state index contributed by atoms with van der Waals surface area (Å²) in [6.45, 7) is 4.91. The van der Waals surface area contributed by atoms with Gasteiger partial charge in [-0.3, -0.25) is 4.79 Å². The molecule has 1 aromatic heterocycles. The molecule has 0 spiro atoms. The van der Waals surface area contributed by atoms with E-state index in [1.165, 1.54) is 0 Å². The van der Waals surface area contributed by atoms with Gasteiger partial charge in [0.25, 0.3) is 5.91 Å². The van der Waals surface area contributed by atoms with E-state index in [1.54, 1.807) is 11.3 Å². The quantitative estimate of drug-likeness (QED) is 0.626. The zero-order valence-corrected chi connectivity index (χ0v) is 15.4. The Hall–Kier alpha value is -1.72. The van der Waals surface area contributed by atoms with Gasteiger partial charge in [-0.2, -0.15) is 4.99 Å². The van der Waals surface area contributed by atoms with Crippen LogP contribution in [0.15, 0.2) is 51.9 Å². The van der Waals surface area contributed by atoms with Crippen LogP contribution < -0.4 is 4.80 Å². The van der Waals surface area contributed by atoms with Crippen molar-refractivity contribution < 1.29 is 4.79 Å². The lowest BCUT2D eigenvalue weighted by atomic mass is 10.1. The summed E-state index contributed by atoms with van der Waals surface area (Å²) in [5, 5.41) is 0. The second-order valence-electron chi connectivity index (χ2n) is 5.38. The largest absolute Gasteiger partial charge is 0.316 e. The van der Waals surface area contributed by atoms with Gasteiger partial charge in [0.1, 0.15) is 0 Å². The molecule has 3 nitrogen and oxygen atoms in total. The Kier molecular flexibility index (Phi) is 4.78. The molecule has 3 aromatic rings. The molecule has 2 aromatic carbocycles. The molecule has 0 aliphatic heterocycles. The standard InChI is InChI=1S/C18H17BrN2OS/c1-3-10-21-15-9-8-13(19)11-16(15)23-18(21)20-17(22)14-7-5-4-6-12(14)2/h4-9,11H,3,10H2,1-2H3. The van der Waals surface area contributed by atoms with E-state index >= 15 is 0 Å². The van der Waals surface area contributed by atoms with Gasteiger partial charge < -0.3 is 4.57 Å². The normalized spacial score (nSPS) is 12.0. The van der Waals surface area contributed by atoms with E-state index in [1.807, 2.05) is 37.3 Å². The lowest BCUT2D eigenvalue weighted by Crippen LogP contribution is -2.17. The van der Waals surface area contributed by atoms with Gasteiger partial charge in [-0.15, -0.1) is 0 Å². The summed E-state index contributed by atoms with van der Waals surface area (Å²) in [6.07, 6.45) is 0.994. The molecule has 0 bridgehead atoms. The first-order valence-electron chi connectivity index (χ1n) is 7.53. The highest BCUT2D eigenvalue weighted by atomic mass is 79.9. The van der Waals surface area contributed by atoms with E-state index in [0.29, 0.717) is 5.56 Å². The minimum atomic E-state index is -0.182. The third kappa shape index (κ3) is 3.31. The van der Waals surface area contributed by atoms with Crippen LogP contribution in [-0.4, -0.2) is 10.5 Å². The number of amides is 1. The summed E-state index contributed by atoms with van der Waals surface area (Å²) >= 11 is 5.05. The number of aromatic nitrogens is 1. The first kappa shape index (κ1) is 16.1. The van der Waals surface area contributed by atoms with Crippen molar-refractivity contribution in [2.75, 3.05) is 0 Å². The number of carbonyl (C=O) groups excluding carboxylic acids is 1. The first-order valence-corrected chi connectivity index (χ1v) is 9.14. The fourth-order valence-corrected chi connectivity index (χ4v) is 4.14. The van der Waals surface area contributed by atoms with Gasteiger partial charge >= 0.3 is 0 Å². The number of carbonyl (C=O) groups is 1. The molecule has 0 atom stereocenters. The third-order valence-corrected chi connectivity index (χ3v) is 5.20. The first-order chi connectivity index (χ1) is 11.1. The van der Waals surface area contributed by atoms with E-state index in [9.17, 15) is 4.79 Å². The highest BCUT2D eigenvalue weighted by molar-refractivity contribution is 9.10. The van der Waals surface area contributed by atoms with Crippen molar-refractivity contribution in [3.63, 3.8) is 0 Å². The fraction of sp³-hybridized carbons (Fsp3) is 0.222. The van der Waals surface area contributed by atoms with Gasteiger partial charge in [0.2, 0.25) is 0 Å². The topological polar surface area (TPSA) is 34.4 Å². The number of rotatable bonds is 3. The Morgan fingerprint density at radius 3 is 2.78 bits per heavy atom. The van der Waals surface area contributed by atoms with Crippen LogP contribution in [-0.2, 0) is 6.54 Å². The molecule has 0 radical (unpaired) electrons. The van der Waals surface area contributed by atoms with Crippen LogP contribution in [0, 0.1) is 6.92 Å². The van der Waals surface area contributed by atoms with Crippen LogP contribution in [0.3, 0.4) is 0 Å². The van der Waals surface area contributed by atoms with Crippen LogP contribution in [0.25, 0.3) is 10.2 Å². The lowest BCUT2D eigenvalue weighted by Gasteiger charge is -2.03. The number of hydrogen-bond donors (Lipinski definition) is 0. The fourth-order valence-electron chi connectivity index (χ4n) is 2.53. The van der Waals surface area contributed by atoms with E-state index < -0.39 is 0 Å². The van der Waals surface area contributed by atoms with Crippen molar-refractivity contribution in [3.8, 4) is 0 Å². The van der Waals surface area contributed by atoms with Gasteiger partial charge in [-0.25, -0.2) is 0 Å². The van der Waals surface area contributed by atoms with Crippen LogP contribution in [0.5, 0.6) is 0 Å². The number of benzene rings is 2. The summed E-state index contributed by atoms with van der Waals surface area (Å²) in [5.41, 5.74) is 2.73. The maximum Gasteiger partial charge on any atom is 0.279 e. The summed E-state index contributed by atoms with van der Waals surface area (Å²) in [7, 11) is 0. The van der Waals surface area contributed by atoms with E-state index in [0.717, 1.165) is 38.0 Å². The highest BCUT2D eigenvalue weighted by Gasteiger charge is 2.10. The summed E-state index contributed by atoms with van der Waals surface area (Å²) < 4.78 is 4.29. The molecule has 0 fully saturated rings. The van der Waals surface area contributed by atoms with Crippen LogP contribution in [0.2, 0.25) is 0 Å². The van der Waals surface area contributed by atoms with Crippen molar-refractivity contribution in [1.29, 1.82) is 0 Å². The Bertz CT molecular complexity index is 940. The van der Waals surface area contributed by atoms with Gasteiger partial charge in [0.15, 0.2) is 4.80 Å². The van der Waals surface area contributed by atoms with Gasteiger partial charge in [-0.05, 0) is 43.2 Å². The summed E-state index contributed by atoms with van der Waals surface area (Å²) in [5.74, 6) is -0.182. The van der Waals surface area contributed by atoms with Crippen molar-refractivity contribution in [1.82, 2.24) is 4.57 Å². The molecule has 1 heterocycles. The molecule has 1 amide bonds. The molecular weight excluding hydrogens is 372 g/mol. The average molecular weight is 389 g/mol. The highest BCUT2D eigenvalue weighted by Crippen LogP contribution is 2.22. The minimum absolute atomic E-state index is 0.182. The maximum atomic E-state index is 12.6. The van der Waals surface area contributed by atoms with Crippen molar-refractivity contribution in [3.05, 3.63) is 62.9 Å². The zero-order chi connectivity index (χ0) is 16.4.